The van der Waals surface area contributed by atoms with Gasteiger partial charge >= 0.3 is 0 Å². The van der Waals surface area contributed by atoms with E-state index in [1.165, 1.54) is 16.7 Å². The van der Waals surface area contributed by atoms with E-state index in [-0.39, 0.29) is 0 Å². The highest BCUT2D eigenvalue weighted by Gasteiger charge is 2.01. The van der Waals surface area contributed by atoms with Gasteiger partial charge in [0.1, 0.15) is 0 Å². The third-order valence-corrected chi connectivity index (χ3v) is 2.65. The van der Waals surface area contributed by atoms with Crippen molar-refractivity contribution in [1.82, 2.24) is 4.98 Å². The van der Waals surface area contributed by atoms with Crippen molar-refractivity contribution in [3.05, 3.63) is 58.9 Å². The Morgan fingerprint density at radius 1 is 1.06 bits per heavy atom. The molecule has 2 nitrogen and oxygen atoms in total. The van der Waals surface area contributed by atoms with Gasteiger partial charge in [-0.1, -0.05) is 23.8 Å². The summed E-state index contributed by atoms with van der Waals surface area (Å²) in [5.74, 6) is 0. The van der Waals surface area contributed by atoms with Gasteiger partial charge in [-0.15, -0.1) is 0 Å². The fourth-order valence-electron chi connectivity index (χ4n) is 1.96. The van der Waals surface area contributed by atoms with E-state index in [1.807, 2.05) is 24.4 Å². The van der Waals surface area contributed by atoms with Crippen LogP contribution in [0.3, 0.4) is 0 Å². The lowest BCUT2D eigenvalue weighted by atomic mass is 10.1. The molecule has 1 aromatic carbocycles. The van der Waals surface area contributed by atoms with Gasteiger partial charge in [0.25, 0.3) is 0 Å². The average molecular weight is 224 g/mol. The first kappa shape index (κ1) is 11.5. The van der Waals surface area contributed by atoms with Crippen LogP contribution in [-0.4, -0.2) is 11.2 Å². The molecule has 0 saturated heterocycles. The molecule has 2 rings (SSSR count). The number of nitrogens with zero attached hydrogens (tertiary/aromatic N) is 2. The Morgan fingerprint density at radius 2 is 1.76 bits per heavy atom. The SMILES string of the molecule is Cc1cc(C)c(N=Cc2ccccn2)c(C)c1. The van der Waals surface area contributed by atoms with E-state index in [0.29, 0.717) is 0 Å². The summed E-state index contributed by atoms with van der Waals surface area (Å²) in [5.41, 5.74) is 5.61. The van der Waals surface area contributed by atoms with E-state index >= 15 is 0 Å². The van der Waals surface area contributed by atoms with Crippen LogP contribution in [0.2, 0.25) is 0 Å². The van der Waals surface area contributed by atoms with Gasteiger partial charge < -0.3 is 0 Å². The molecule has 17 heavy (non-hydrogen) atoms. The molecule has 0 aliphatic carbocycles. The Hall–Kier alpha value is -1.96. The molecule has 0 aliphatic heterocycles. The number of pyridine rings is 1. The van der Waals surface area contributed by atoms with E-state index in [4.69, 9.17) is 0 Å². The van der Waals surface area contributed by atoms with Gasteiger partial charge in [-0.05, 0) is 44.0 Å². The second-order valence-corrected chi connectivity index (χ2v) is 4.26. The lowest BCUT2D eigenvalue weighted by Crippen LogP contribution is -1.87. The summed E-state index contributed by atoms with van der Waals surface area (Å²) in [7, 11) is 0. The Balaban J connectivity index is 2.34. The molecule has 1 aromatic heterocycles. The summed E-state index contributed by atoms with van der Waals surface area (Å²) in [6.45, 7) is 6.28. The molecular weight excluding hydrogens is 208 g/mol. The topological polar surface area (TPSA) is 25.2 Å². The van der Waals surface area contributed by atoms with Crippen molar-refractivity contribution in [3.63, 3.8) is 0 Å². The van der Waals surface area contributed by atoms with Crippen molar-refractivity contribution in [2.75, 3.05) is 0 Å². The first-order chi connectivity index (χ1) is 8.16. The molecule has 1 heterocycles. The highest BCUT2D eigenvalue weighted by molar-refractivity contribution is 5.80. The van der Waals surface area contributed by atoms with Crippen LogP contribution in [0.4, 0.5) is 5.69 Å². The summed E-state index contributed by atoms with van der Waals surface area (Å²) < 4.78 is 0. The summed E-state index contributed by atoms with van der Waals surface area (Å²) in [5, 5.41) is 0. The molecule has 0 amide bonds. The molecule has 2 aromatic rings. The molecule has 86 valence electrons. The van der Waals surface area contributed by atoms with Gasteiger partial charge in [0.2, 0.25) is 0 Å². The first-order valence-corrected chi connectivity index (χ1v) is 5.70. The average Bonchev–Trinajstić information content (AvgIpc) is 2.29. The van der Waals surface area contributed by atoms with Crippen LogP contribution in [0, 0.1) is 20.8 Å². The number of benzene rings is 1. The minimum atomic E-state index is 0.881. The summed E-state index contributed by atoms with van der Waals surface area (Å²) in [6.07, 6.45) is 3.58. The van der Waals surface area contributed by atoms with Gasteiger partial charge in [0, 0.05) is 6.20 Å². The number of hydrogen-bond donors (Lipinski definition) is 0. The highest BCUT2D eigenvalue weighted by Crippen LogP contribution is 2.24. The van der Waals surface area contributed by atoms with Gasteiger partial charge in [-0.25, -0.2) is 0 Å². The minimum Gasteiger partial charge on any atom is -0.255 e. The number of aromatic nitrogens is 1. The quantitative estimate of drug-likeness (QED) is 0.713. The minimum absolute atomic E-state index is 0.881. The molecule has 0 spiro atoms. The molecule has 0 aliphatic rings. The number of rotatable bonds is 2. The Bertz CT molecular complexity index is 519. The van der Waals surface area contributed by atoms with E-state index in [1.54, 1.807) is 6.20 Å². The summed E-state index contributed by atoms with van der Waals surface area (Å²) in [4.78, 5) is 8.75. The van der Waals surface area contributed by atoms with Crippen molar-refractivity contribution in [2.24, 2.45) is 4.99 Å². The molecule has 2 heteroatoms. The summed E-state index contributed by atoms with van der Waals surface area (Å²) >= 11 is 0. The van der Waals surface area contributed by atoms with Crippen molar-refractivity contribution < 1.29 is 0 Å². The maximum absolute atomic E-state index is 4.53. The predicted octanol–water partition coefficient (Wildman–Crippen LogP) is 3.76. The second-order valence-electron chi connectivity index (χ2n) is 4.26. The molecular formula is C15H16N2. The maximum atomic E-state index is 4.53. The molecule has 0 saturated carbocycles. The smallest absolute Gasteiger partial charge is 0.0812 e. The Morgan fingerprint density at radius 3 is 2.35 bits per heavy atom. The van der Waals surface area contributed by atoms with Crippen LogP contribution in [-0.2, 0) is 0 Å². The van der Waals surface area contributed by atoms with Gasteiger partial charge in [0.15, 0.2) is 0 Å². The maximum Gasteiger partial charge on any atom is 0.0812 e. The number of hydrogen-bond acceptors (Lipinski definition) is 2. The molecule has 0 N–H and O–H groups in total. The molecule has 0 atom stereocenters. The van der Waals surface area contributed by atoms with Crippen LogP contribution in [0.5, 0.6) is 0 Å². The van der Waals surface area contributed by atoms with Crippen molar-refractivity contribution in [1.29, 1.82) is 0 Å². The normalized spacial score (nSPS) is 11.0. The van der Waals surface area contributed by atoms with Crippen LogP contribution < -0.4 is 0 Å². The van der Waals surface area contributed by atoms with Crippen molar-refractivity contribution >= 4 is 11.9 Å². The van der Waals surface area contributed by atoms with Gasteiger partial charge in [-0.2, -0.15) is 0 Å². The Labute approximate surface area is 102 Å². The third-order valence-electron chi connectivity index (χ3n) is 2.65. The molecule has 0 radical (unpaired) electrons. The zero-order chi connectivity index (χ0) is 12.3. The fraction of sp³-hybridized carbons (Fsp3) is 0.200. The first-order valence-electron chi connectivity index (χ1n) is 5.70. The number of aliphatic imine (C=N–C) groups is 1. The monoisotopic (exact) mass is 224 g/mol. The third kappa shape index (κ3) is 2.78. The highest BCUT2D eigenvalue weighted by atomic mass is 14.8. The van der Waals surface area contributed by atoms with Gasteiger partial charge in [-0.3, -0.25) is 9.98 Å². The zero-order valence-electron chi connectivity index (χ0n) is 10.4. The molecule has 0 fully saturated rings. The largest absolute Gasteiger partial charge is 0.255 e. The summed E-state index contributed by atoms with van der Waals surface area (Å²) in [6, 6.07) is 10.1. The van der Waals surface area contributed by atoms with E-state index < -0.39 is 0 Å². The number of aryl methyl sites for hydroxylation is 3. The van der Waals surface area contributed by atoms with E-state index in [9.17, 15) is 0 Å². The molecule has 0 bridgehead atoms. The standard InChI is InChI=1S/C15H16N2/c1-11-8-12(2)15(13(3)9-11)17-10-14-6-4-5-7-16-14/h4-10H,1-3H3. The lowest BCUT2D eigenvalue weighted by molar-refractivity contribution is 1.27. The predicted molar refractivity (Wildman–Crippen MR) is 72.1 cm³/mol. The second kappa shape index (κ2) is 4.91. The zero-order valence-corrected chi connectivity index (χ0v) is 10.4. The van der Waals surface area contributed by atoms with Crippen molar-refractivity contribution in [3.8, 4) is 0 Å². The van der Waals surface area contributed by atoms with Crippen LogP contribution >= 0.6 is 0 Å². The Kier molecular flexibility index (Phi) is 3.33. The van der Waals surface area contributed by atoms with E-state index in [2.05, 4.69) is 42.9 Å². The van der Waals surface area contributed by atoms with Crippen LogP contribution in [0.15, 0.2) is 41.5 Å². The van der Waals surface area contributed by atoms with E-state index in [0.717, 1.165) is 11.4 Å². The fourth-order valence-corrected chi connectivity index (χ4v) is 1.96. The van der Waals surface area contributed by atoms with Crippen molar-refractivity contribution in [2.45, 2.75) is 20.8 Å². The van der Waals surface area contributed by atoms with Crippen LogP contribution in [0.25, 0.3) is 0 Å². The molecule has 0 unspecified atom stereocenters. The van der Waals surface area contributed by atoms with Gasteiger partial charge in [0.05, 0.1) is 17.6 Å². The lowest BCUT2D eigenvalue weighted by Gasteiger charge is -2.06. The van der Waals surface area contributed by atoms with Crippen LogP contribution in [0.1, 0.15) is 22.4 Å².